The number of nitrogens with zero attached hydrogens (tertiary/aromatic N) is 3. The topological polar surface area (TPSA) is 83.0 Å². The highest BCUT2D eigenvalue weighted by Crippen LogP contribution is 2.36. The van der Waals surface area contributed by atoms with Gasteiger partial charge in [0, 0.05) is 44.2 Å². The number of rotatable bonds is 3. The molecule has 0 unspecified atom stereocenters. The first kappa shape index (κ1) is 21.4. The summed E-state index contributed by atoms with van der Waals surface area (Å²) in [6.07, 6.45) is 4.83. The molecule has 2 aliphatic rings. The lowest BCUT2D eigenvalue weighted by Gasteiger charge is -2.36. The summed E-state index contributed by atoms with van der Waals surface area (Å²) in [4.78, 5) is 33.2. The first-order valence-electron chi connectivity index (χ1n) is 11.1. The molecule has 7 nitrogen and oxygen atoms in total. The third-order valence-corrected chi connectivity index (χ3v) is 6.12. The van der Waals surface area contributed by atoms with Gasteiger partial charge in [-0.25, -0.2) is 4.79 Å². The van der Waals surface area contributed by atoms with E-state index in [2.05, 4.69) is 9.88 Å². The van der Waals surface area contributed by atoms with Gasteiger partial charge in [-0.2, -0.15) is 0 Å². The van der Waals surface area contributed by atoms with Crippen molar-refractivity contribution in [3.8, 4) is 5.75 Å². The van der Waals surface area contributed by atoms with Crippen LogP contribution in [0, 0.1) is 5.92 Å². The number of fused-ring (bicyclic) bond motifs is 3. The van der Waals surface area contributed by atoms with E-state index in [1.54, 1.807) is 29.3 Å². The highest BCUT2D eigenvalue weighted by molar-refractivity contribution is 6.10. The number of aromatic nitrogens is 1. The molecule has 0 saturated carbocycles. The number of ketones is 1. The van der Waals surface area contributed by atoms with Gasteiger partial charge >= 0.3 is 6.09 Å². The Bertz CT molecular complexity index is 990. The number of amides is 1. The Morgan fingerprint density at radius 2 is 1.97 bits per heavy atom. The number of carbonyl (C=O) groups excluding carboxylic acids is 2. The third-order valence-electron chi connectivity index (χ3n) is 6.12. The lowest BCUT2D eigenvalue weighted by molar-refractivity contribution is 0.0182. The van der Waals surface area contributed by atoms with Crippen LogP contribution in [0.4, 0.5) is 10.5 Å². The van der Waals surface area contributed by atoms with Gasteiger partial charge in [0.1, 0.15) is 11.4 Å². The van der Waals surface area contributed by atoms with Crippen LogP contribution in [0.2, 0.25) is 0 Å². The average Bonchev–Trinajstić information content (AvgIpc) is 2.72. The highest BCUT2D eigenvalue weighted by Gasteiger charge is 2.29. The summed E-state index contributed by atoms with van der Waals surface area (Å²) in [7, 11) is 0. The second-order valence-corrected chi connectivity index (χ2v) is 9.58. The van der Waals surface area contributed by atoms with Gasteiger partial charge in [-0.1, -0.05) is 0 Å². The molecule has 0 bridgehead atoms. The number of carbonyl (C=O) groups is 2. The number of aromatic hydroxyl groups is 1. The molecule has 3 heterocycles. The molecule has 0 atom stereocenters. The Morgan fingerprint density at radius 1 is 1.23 bits per heavy atom. The number of anilines is 1. The molecule has 4 rings (SSSR count). The monoisotopic (exact) mass is 425 g/mol. The molecule has 2 aromatic rings. The minimum absolute atomic E-state index is 0.106. The number of benzene rings is 1. The average molecular weight is 426 g/mol. The standard InChI is InChI=1S/C24H31N3O4/c1-24(2,3)31-23(30)27-11-7-16(8-12-27)6-10-26-13-9-21(29)19-15-25-20-5-4-17(28)14-18(20)22(19)26/h4-5,14-16,28H,6-13H2,1-3H3. The van der Waals surface area contributed by atoms with E-state index in [9.17, 15) is 14.7 Å². The number of hydrogen-bond acceptors (Lipinski definition) is 6. The van der Waals surface area contributed by atoms with Gasteiger partial charge in [0.15, 0.2) is 5.78 Å². The van der Waals surface area contributed by atoms with E-state index in [1.807, 2.05) is 20.8 Å². The van der Waals surface area contributed by atoms with Crippen LogP contribution in [0.15, 0.2) is 24.4 Å². The van der Waals surface area contributed by atoms with Crippen LogP contribution in [-0.4, -0.2) is 58.6 Å². The summed E-state index contributed by atoms with van der Waals surface area (Å²) in [5, 5.41) is 10.8. The first-order valence-corrected chi connectivity index (χ1v) is 11.1. The predicted octanol–water partition coefficient (Wildman–Crippen LogP) is 4.37. The maximum Gasteiger partial charge on any atom is 0.410 e. The van der Waals surface area contributed by atoms with Crippen molar-refractivity contribution in [3.63, 3.8) is 0 Å². The normalized spacial score (nSPS) is 17.7. The molecular weight excluding hydrogens is 394 g/mol. The van der Waals surface area contributed by atoms with Gasteiger partial charge in [0.2, 0.25) is 0 Å². The molecular formula is C24H31N3O4. The van der Waals surface area contributed by atoms with Gasteiger partial charge in [-0.3, -0.25) is 9.78 Å². The fourth-order valence-electron chi connectivity index (χ4n) is 4.49. The summed E-state index contributed by atoms with van der Waals surface area (Å²) in [6, 6.07) is 5.11. The van der Waals surface area contributed by atoms with Crippen LogP contribution in [0.3, 0.4) is 0 Å². The van der Waals surface area contributed by atoms with Gasteiger partial charge in [0.25, 0.3) is 0 Å². The molecule has 1 N–H and O–H groups in total. The molecule has 1 amide bonds. The highest BCUT2D eigenvalue weighted by atomic mass is 16.6. The maximum absolute atomic E-state index is 12.5. The Labute approximate surface area is 183 Å². The number of Topliss-reactive ketones (excluding diaryl/α,β-unsaturated/α-hetero) is 1. The van der Waals surface area contributed by atoms with Crippen molar-refractivity contribution in [2.24, 2.45) is 5.92 Å². The fourth-order valence-corrected chi connectivity index (χ4v) is 4.49. The van der Waals surface area contributed by atoms with Crippen molar-refractivity contribution in [2.45, 2.75) is 52.1 Å². The number of hydrogen-bond donors (Lipinski definition) is 1. The minimum Gasteiger partial charge on any atom is -0.508 e. The number of phenols is 1. The molecule has 166 valence electrons. The predicted molar refractivity (Wildman–Crippen MR) is 120 cm³/mol. The summed E-state index contributed by atoms with van der Waals surface area (Å²) < 4.78 is 5.49. The second-order valence-electron chi connectivity index (χ2n) is 9.58. The molecule has 0 aliphatic carbocycles. The Morgan fingerprint density at radius 3 is 2.68 bits per heavy atom. The van der Waals surface area contributed by atoms with Crippen molar-refractivity contribution < 1.29 is 19.4 Å². The van der Waals surface area contributed by atoms with Crippen molar-refractivity contribution >= 4 is 28.5 Å². The summed E-state index contributed by atoms with van der Waals surface area (Å²) in [5.74, 6) is 0.811. The molecule has 1 fully saturated rings. The SMILES string of the molecule is CC(C)(C)OC(=O)N1CCC(CCN2CCC(=O)c3cnc4ccc(O)cc4c32)CC1. The zero-order valence-electron chi connectivity index (χ0n) is 18.6. The van der Waals surface area contributed by atoms with E-state index < -0.39 is 5.60 Å². The van der Waals surface area contributed by atoms with Crippen LogP contribution in [-0.2, 0) is 4.74 Å². The van der Waals surface area contributed by atoms with Crippen LogP contribution in [0.25, 0.3) is 10.9 Å². The molecule has 0 radical (unpaired) electrons. The quantitative estimate of drug-likeness (QED) is 0.786. The summed E-state index contributed by atoms with van der Waals surface area (Å²) in [5.41, 5.74) is 1.84. The fraction of sp³-hybridized carbons (Fsp3) is 0.542. The van der Waals surface area contributed by atoms with Crippen LogP contribution in [0.5, 0.6) is 5.75 Å². The van der Waals surface area contributed by atoms with Crippen molar-refractivity contribution in [1.29, 1.82) is 0 Å². The smallest absolute Gasteiger partial charge is 0.410 e. The summed E-state index contributed by atoms with van der Waals surface area (Å²) in [6.45, 7) is 8.61. The molecule has 1 aromatic heterocycles. The number of phenolic OH excluding ortho intramolecular Hbond substituents is 1. The third kappa shape index (κ3) is 4.75. The van der Waals surface area contributed by atoms with E-state index in [4.69, 9.17) is 4.74 Å². The Kier molecular flexibility index (Phi) is 5.77. The van der Waals surface area contributed by atoms with E-state index >= 15 is 0 Å². The first-order chi connectivity index (χ1) is 14.7. The van der Waals surface area contributed by atoms with Crippen molar-refractivity contribution in [1.82, 2.24) is 9.88 Å². The van der Waals surface area contributed by atoms with Crippen molar-refractivity contribution in [3.05, 3.63) is 30.0 Å². The van der Waals surface area contributed by atoms with E-state index in [0.717, 1.165) is 55.5 Å². The van der Waals surface area contributed by atoms with Gasteiger partial charge in [-0.15, -0.1) is 0 Å². The van der Waals surface area contributed by atoms with E-state index in [-0.39, 0.29) is 17.6 Å². The number of likely N-dealkylation sites (tertiary alicyclic amines) is 1. The van der Waals surface area contributed by atoms with Crippen LogP contribution < -0.4 is 4.90 Å². The van der Waals surface area contributed by atoms with Gasteiger partial charge < -0.3 is 19.6 Å². The molecule has 0 spiro atoms. The Hall–Kier alpha value is -2.83. The molecule has 1 saturated heterocycles. The lowest BCUT2D eigenvalue weighted by Crippen LogP contribution is -2.42. The number of pyridine rings is 1. The van der Waals surface area contributed by atoms with Crippen molar-refractivity contribution in [2.75, 3.05) is 31.1 Å². The largest absolute Gasteiger partial charge is 0.508 e. The molecule has 1 aromatic carbocycles. The minimum atomic E-state index is -0.473. The van der Waals surface area contributed by atoms with Gasteiger partial charge in [0.05, 0.1) is 16.8 Å². The van der Waals surface area contributed by atoms with Crippen LogP contribution in [0.1, 0.15) is 56.8 Å². The number of piperidine rings is 1. The molecule has 2 aliphatic heterocycles. The molecule has 31 heavy (non-hydrogen) atoms. The zero-order chi connectivity index (χ0) is 22.2. The maximum atomic E-state index is 12.5. The Balaban J connectivity index is 1.42. The second kappa shape index (κ2) is 8.36. The van der Waals surface area contributed by atoms with Crippen LogP contribution >= 0.6 is 0 Å². The van der Waals surface area contributed by atoms with E-state index in [1.165, 1.54) is 0 Å². The molecule has 7 heteroatoms. The van der Waals surface area contributed by atoms with E-state index in [0.29, 0.717) is 24.4 Å². The van der Waals surface area contributed by atoms with Gasteiger partial charge in [-0.05, 0) is 64.2 Å². The lowest BCUT2D eigenvalue weighted by atomic mass is 9.92. The summed E-state index contributed by atoms with van der Waals surface area (Å²) >= 11 is 0. The number of ether oxygens (including phenoxy) is 1. The zero-order valence-corrected chi connectivity index (χ0v) is 18.6.